The lowest BCUT2D eigenvalue weighted by atomic mass is 10.2. The number of hydrogen-bond acceptors (Lipinski definition) is 5. The molecule has 0 saturated heterocycles. The summed E-state index contributed by atoms with van der Waals surface area (Å²) in [7, 11) is -4.46. The second-order valence-electron chi connectivity index (χ2n) is 5.37. The van der Waals surface area contributed by atoms with Gasteiger partial charge in [-0.05, 0) is 66.2 Å². The fourth-order valence-electron chi connectivity index (χ4n) is 2.19. The molecule has 3 rings (SSSR count). The molecular weight excluding hydrogens is 352 g/mol. The fourth-order valence-corrected chi connectivity index (χ4v) is 2.66. The third-order valence-corrected chi connectivity index (χ3v) is 4.37. The summed E-state index contributed by atoms with van der Waals surface area (Å²) in [5.41, 5.74) is 1.01. The maximum absolute atomic E-state index is 10.9. The molecule has 0 saturated carbocycles. The lowest BCUT2D eigenvalue weighted by molar-refractivity contribution is 0.461. The van der Waals surface area contributed by atoms with Crippen LogP contribution in [0.3, 0.4) is 0 Å². The van der Waals surface area contributed by atoms with E-state index in [2.05, 4.69) is 6.58 Å². The lowest BCUT2D eigenvalue weighted by Crippen LogP contribution is -1.97. The van der Waals surface area contributed by atoms with Crippen molar-refractivity contribution in [2.75, 3.05) is 0 Å². The first-order valence-electron chi connectivity index (χ1n) is 7.68. The summed E-state index contributed by atoms with van der Waals surface area (Å²) < 4.78 is 44.1. The van der Waals surface area contributed by atoms with Gasteiger partial charge < -0.3 is 14.0 Å². The topological polar surface area (TPSA) is 75.7 Å². The van der Waals surface area contributed by atoms with Gasteiger partial charge in [0, 0.05) is 0 Å². The van der Waals surface area contributed by atoms with Gasteiger partial charge in [-0.15, -0.1) is 0 Å². The summed E-state index contributed by atoms with van der Waals surface area (Å²) in [6, 6.07) is 19.8. The largest absolute Gasteiger partial charge is 0.744 e. The molecule has 0 unspecified atom stereocenters. The highest BCUT2D eigenvalue weighted by Crippen LogP contribution is 2.27. The summed E-state index contributed by atoms with van der Waals surface area (Å²) in [5.74, 6) is 2.33. The van der Waals surface area contributed by atoms with Crippen molar-refractivity contribution >= 4 is 16.2 Å². The SMILES string of the molecule is C=Cc1ccc(Oc2ccc(Oc3ccc(S(=O)(=O)[O-])cc3)cc2)cc1. The number of hydrogen-bond donors (Lipinski definition) is 0. The molecule has 0 bridgehead atoms. The van der Waals surface area contributed by atoms with Crippen molar-refractivity contribution < 1.29 is 22.4 Å². The molecule has 0 aliphatic carbocycles. The molecule has 6 heteroatoms. The zero-order valence-electron chi connectivity index (χ0n) is 13.7. The Balaban J connectivity index is 1.66. The van der Waals surface area contributed by atoms with E-state index in [0.29, 0.717) is 23.0 Å². The van der Waals surface area contributed by atoms with Gasteiger partial charge in [0.2, 0.25) is 0 Å². The van der Waals surface area contributed by atoms with E-state index in [-0.39, 0.29) is 4.90 Å². The molecule has 5 nitrogen and oxygen atoms in total. The smallest absolute Gasteiger partial charge is 0.127 e. The Bertz CT molecular complexity index is 990. The highest BCUT2D eigenvalue weighted by molar-refractivity contribution is 7.85. The third-order valence-electron chi connectivity index (χ3n) is 3.52. The van der Waals surface area contributed by atoms with E-state index in [1.165, 1.54) is 24.3 Å². The Labute approximate surface area is 151 Å². The van der Waals surface area contributed by atoms with E-state index in [0.717, 1.165) is 5.56 Å². The van der Waals surface area contributed by atoms with Gasteiger partial charge in [-0.3, -0.25) is 0 Å². The summed E-state index contributed by atoms with van der Waals surface area (Å²) in [6.45, 7) is 3.71. The fraction of sp³-hybridized carbons (Fsp3) is 0. The molecule has 0 atom stereocenters. The highest BCUT2D eigenvalue weighted by atomic mass is 32.2. The molecule has 0 heterocycles. The molecule has 0 fully saturated rings. The molecule has 26 heavy (non-hydrogen) atoms. The number of rotatable bonds is 6. The molecule has 3 aromatic carbocycles. The summed E-state index contributed by atoms with van der Waals surface area (Å²) >= 11 is 0. The van der Waals surface area contributed by atoms with Gasteiger partial charge in [0.1, 0.15) is 33.1 Å². The molecule has 0 spiro atoms. The van der Waals surface area contributed by atoms with Crippen LogP contribution >= 0.6 is 0 Å². The molecule has 0 radical (unpaired) electrons. The van der Waals surface area contributed by atoms with Crippen LogP contribution in [0.1, 0.15) is 5.56 Å². The van der Waals surface area contributed by atoms with Crippen LogP contribution in [0.25, 0.3) is 6.08 Å². The van der Waals surface area contributed by atoms with Gasteiger partial charge in [0.25, 0.3) is 0 Å². The van der Waals surface area contributed by atoms with Crippen molar-refractivity contribution in [2.24, 2.45) is 0 Å². The van der Waals surface area contributed by atoms with E-state index in [1.54, 1.807) is 30.3 Å². The second-order valence-corrected chi connectivity index (χ2v) is 6.75. The van der Waals surface area contributed by atoms with Crippen LogP contribution in [-0.4, -0.2) is 13.0 Å². The minimum Gasteiger partial charge on any atom is -0.744 e. The van der Waals surface area contributed by atoms with Gasteiger partial charge >= 0.3 is 0 Å². The Morgan fingerprint density at radius 2 is 1.04 bits per heavy atom. The third kappa shape index (κ3) is 4.50. The van der Waals surface area contributed by atoms with Crippen molar-refractivity contribution in [3.8, 4) is 23.0 Å². The van der Waals surface area contributed by atoms with Gasteiger partial charge in [0.15, 0.2) is 0 Å². The zero-order valence-corrected chi connectivity index (χ0v) is 14.5. The molecule has 0 amide bonds. The average molecular weight is 367 g/mol. The Kier molecular flexibility index (Phi) is 5.06. The Hall–Kier alpha value is -3.09. The first kappa shape index (κ1) is 17.7. The van der Waals surface area contributed by atoms with Crippen LogP contribution in [0.15, 0.2) is 84.3 Å². The lowest BCUT2D eigenvalue weighted by Gasteiger charge is -2.10. The predicted octanol–water partition coefficient (Wildman–Crippen LogP) is 4.82. The standard InChI is InChI=1S/C20H16O5S/c1-2-15-3-5-16(6-4-15)24-17-7-9-18(10-8-17)25-19-11-13-20(14-12-19)26(21,22)23/h2-14H,1H2,(H,21,22,23)/p-1. The van der Waals surface area contributed by atoms with Gasteiger partial charge in [0.05, 0.1) is 4.90 Å². The number of benzene rings is 3. The van der Waals surface area contributed by atoms with Crippen LogP contribution in [0.4, 0.5) is 0 Å². The van der Waals surface area contributed by atoms with Crippen LogP contribution in [0.2, 0.25) is 0 Å². The van der Waals surface area contributed by atoms with Crippen molar-refractivity contribution in [2.45, 2.75) is 4.90 Å². The van der Waals surface area contributed by atoms with Gasteiger partial charge in [-0.1, -0.05) is 24.8 Å². The quantitative estimate of drug-likeness (QED) is 0.584. The zero-order chi connectivity index (χ0) is 18.6. The van der Waals surface area contributed by atoms with Crippen molar-refractivity contribution in [3.63, 3.8) is 0 Å². The van der Waals surface area contributed by atoms with Gasteiger partial charge in [-0.2, -0.15) is 0 Å². The first-order valence-corrected chi connectivity index (χ1v) is 9.09. The highest BCUT2D eigenvalue weighted by Gasteiger charge is 2.03. The Morgan fingerprint density at radius 3 is 1.38 bits per heavy atom. The minimum atomic E-state index is -4.46. The molecule has 0 aliphatic rings. The average Bonchev–Trinajstić information content (AvgIpc) is 2.64. The maximum Gasteiger partial charge on any atom is 0.127 e. The van der Waals surface area contributed by atoms with Crippen molar-refractivity contribution in [1.82, 2.24) is 0 Å². The van der Waals surface area contributed by atoms with E-state index in [1.807, 2.05) is 24.3 Å². The Morgan fingerprint density at radius 1 is 0.692 bits per heavy atom. The van der Waals surface area contributed by atoms with Crippen molar-refractivity contribution in [3.05, 3.63) is 84.9 Å². The van der Waals surface area contributed by atoms with Crippen LogP contribution < -0.4 is 9.47 Å². The van der Waals surface area contributed by atoms with Crippen LogP contribution in [0.5, 0.6) is 23.0 Å². The van der Waals surface area contributed by atoms with Crippen molar-refractivity contribution in [1.29, 1.82) is 0 Å². The maximum atomic E-state index is 10.9. The normalized spacial score (nSPS) is 11.0. The van der Waals surface area contributed by atoms with E-state index >= 15 is 0 Å². The first-order chi connectivity index (χ1) is 12.4. The summed E-state index contributed by atoms with van der Waals surface area (Å²) in [4.78, 5) is -0.295. The molecular formula is C20H15O5S-. The molecule has 0 aliphatic heterocycles. The van der Waals surface area contributed by atoms with E-state index in [9.17, 15) is 13.0 Å². The monoisotopic (exact) mass is 367 g/mol. The van der Waals surface area contributed by atoms with Crippen LogP contribution in [0, 0.1) is 0 Å². The minimum absolute atomic E-state index is 0.295. The van der Waals surface area contributed by atoms with E-state index in [4.69, 9.17) is 9.47 Å². The second kappa shape index (κ2) is 7.43. The van der Waals surface area contributed by atoms with Crippen LogP contribution in [-0.2, 0) is 10.1 Å². The van der Waals surface area contributed by atoms with E-state index < -0.39 is 10.1 Å². The molecule has 3 aromatic rings. The molecule has 0 aromatic heterocycles. The molecule has 132 valence electrons. The predicted molar refractivity (Wildman–Crippen MR) is 97.5 cm³/mol. The summed E-state index contributed by atoms with van der Waals surface area (Å²) in [6.07, 6.45) is 1.76. The van der Waals surface area contributed by atoms with Gasteiger partial charge in [-0.25, -0.2) is 8.42 Å². The number of ether oxygens (including phenoxy) is 2. The molecule has 0 N–H and O–H groups in total. The summed E-state index contributed by atoms with van der Waals surface area (Å²) in [5, 5.41) is 0.